The standard InChI is InChI=1S/C11H10ClFO/c12-6-2-1-3-9-4-5-11(13)10(7-9)8-14/h1,3-5,7-8H,2,6H2. The van der Waals surface area contributed by atoms with Crippen LogP contribution >= 0.6 is 11.6 Å². The summed E-state index contributed by atoms with van der Waals surface area (Å²) >= 11 is 5.48. The minimum atomic E-state index is -0.491. The summed E-state index contributed by atoms with van der Waals surface area (Å²) in [5.41, 5.74) is 0.886. The van der Waals surface area contributed by atoms with Gasteiger partial charge in [-0.05, 0) is 24.1 Å². The van der Waals surface area contributed by atoms with Crippen LogP contribution < -0.4 is 0 Å². The Morgan fingerprint density at radius 1 is 1.43 bits per heavy atom. The SMILES string of the molecule is O=Cc1cc(C=CCCCl)ccc1F. The van der Waals surface area contributed by atoms with Gasteiger partial charge in [0.1, 0.15) is 5.82 Å². The number of halogens is 2. The van der Waals surface area contributed by atoms with Gasteiger partial charge in [0.25, 0.3) is 0 Å². The molecule has 3 heteroatoms. The van der Waals surface area contributed by atoms with E-state index >= 15 is 0 Å². The molecule has 14 heavy (non-hydrogen) atoms. The molecule has 0 spiro atoms. The lowest BCUT2D eigenvalue weighted by Crippen LogP contribution is -1.87. The fourth-order valence-corrected chi connectivity index (χ4v) is 1.16. The van der Waals surface area contributed by atoms with Gasteiger partial charge in [0.2, 0.25) is 0 Å². The van der Waals surface area contributed by atoms with Gasteiger partial charge in [-0.15, -0.1) is 11.6 Å². The molecule has 0 N–H and O–H groups in total. The number of hydrogen-bond donors (Lipinski definition) is 0. The van der Waals surface area contributed by atoms with Crippen molar-refractivity contribution in [3.05, 3.63) is 41.2 Å². The van der Waals surface area contributed by atoms with Gasteiger partial charge in [-0.1, -0.05) is 18.2 Å². The Morgan fingerprint density at radius 3 is 2.86 bits per heavy atom. The highest BCUT2D eigenvalue weighted by Crippen LogP contribution is 2.10. The van der Waals surface area contributed by atoms with Crippen LogP contribution in [0.1, 0.15) is 22.3 Å². The second-order valence-corrected chi connectivity index (χ2v) is 3.16. The third-order valence-corrected chi connectivity index (χ3v) is 1.95. The number of alkyl halides is 1. The minimum absolute atomic E-state index is 0.0815. The zero-order valence-electron chi connectivity index (χ0n) is 7.54. The van der Waals surface area contributed by atoms with Crippen LogP contribution in [0.25, 0.3) is 6.08 Å². The number of allylic oxidation sites excluding steroid dienone is 1. The zero-order valence-corrected chi connectivity index (χ0v) is 8.30. The van der Waals surface area contributed by atoms with Crippen molar-refractivity contribution in [1.82, 2.24) is 0 Å². The number of hydrogen-bond acceptors (Lipinski definition) is 1. The predicted octanol–water partition coefficient (Wildman–Crippen LogP) is 3.28. The maximum Gasteiger partial charge on any atom is 0.153 e. The Morgan fingerprint density at radius 2 is 2.21 bits per heavy atom. The lowest BCUT2D eigenvalue weighted by molar-refractivity contribution is 0.112. The molecule has 0 fully saturated rings. The zero-order chi connectivity index (χ0) is 10.4. The Labute approximate surface area is 87.2 Å². The normalized spacial score (nSPS) is 10.7. The number of carbonyl (C=O) groups is 1. The summed E-state index contributed by atoms with van der Waals surface area (Å²) in [5, 5.41) is 0. The Hall–Kier alpha value is -1.15. The van der Waals surface area contributed by atoms with E-state index in [-0.39, 0.29) is 5.56 Å². The summed E-state index contributed by atoms with van der Waals surface area (Å²) in [6, 6.07) is 4.41. The molecular formula is C11H10ClFO. The summed E-state index contributed by atoms with van der Waals surface area (Å²) in [5.74, 6) is 0.0626. The van der Waals surface area contributed by atoms with Gasteiger partial charge in [0, 0.05) is 5.88 Å². The average molecular weight is 213 g/mol. The molecular weight excluding hydrogens is 203 g/mol. The van der Waals surface area contributed by atoms with E-state index in [2.05, 4.69) is 0 Å². The molecule has 1 aromatic carbocycles. The van der Waals surface area contributed by atoms with Crippen molar-refractivity contribution in [2.75, 3.05) is 5.88 Å². The van der Waals surface area contributed by atoms with Crippen molar-refractivity contribution in [1.29, 1.82) is 0 Å². The van der Waals surface area contributed by atoms with Crippen LogP contribution in [0.5, 0.6) is 0 Å². The highest BCUT2D eigenvalue weighted by molar-refractivity contribution is 6.17. The highest BCUT2D eigenvalue weighted by Gasteiger charge is 1.99. The second kappa shape index (κ2) is 5.55. The van der Waals surface area contributed by atoms with Crippen LogP contribution in [0, 0.1) is 5.82 Å². The molecule has 0 aliphatic rings. The van der Waals surface area contributed by atoms with Crippen molar-refractivity contribution >= 4 is 24.0 Å². The second-order valence-electron chi connectivity index (χ2n) is 2.78. The molecule has 0 radical (unpaired) electrons. The van der Waals surface area contributed by atoms with Gasteiger partial charge in [-0.25, -0.2) is 4.39 Å². The maximum atomic E-state index is 12.9. The van der Waals surface area contributed by atoms with E-state index in [4.69, 9.17) is 11.6 Å². The molecule has 1 nitrogen and oxygen atoms in total. The van der Waals surface area contributed by atoms with Crippen LogP contribution in [0.3, 0.4) is 0 Å². The summed E-state index contributed by atoms with van der Waals surface area (Å²) in [7, 11) is 0. The lowest BCUT2D eigenvalue weighted by Gasteiger charge is -1.96. The van der Waals surface area contributed by atoms with E-state index in [0.717, 1.165) is 12.0 Å². The third-order valence-electron chi connectivity index (χ3n) is 1.73. The lowest BCUT2D eigenvalue weighted by atomic mass is 10.1. The third kappa shape index (κ3) is 2.96. The van der Waals surface area contributed by atoms with Gasteiger partial charge in [-0.2, -0.15) is 0 Å². The van der Waals surface area contributed by atoms with Crippen LogP contribution in [-0.4, -0.2) is 12.2 Å². The largest absolute Gasteiger partial charge is 0.298 e. The molecule has 0 unspecified atom stereocenters. The van der Waals surface area contributed by atoms with E-state index < -0.39 is 5.82 Å². The van der Waals surface area contributed by atoms with Crippen LogP contribution in [0.2, 0.25) is 0 Å². The van der Waals surface area contributed by atoms with Gasteiger partial charge in [0.15, 0.2) is 6.29 Å². The average Bonchev–Trinajstić information content (AvgIpc) is 2.21. The topological polar surface area (TPSA) is 17.1 Å². The Kier molecular flexibility index (Phi) is 4.33. The van der Waals surface area contributed by atoms with Gasteiger partial charge in [0.05, 0.1) is 5.56 Å². The molecule has 0 bridgehead atoms. The van der Waals surface area contributed by atoms with Gasteiger partial charge >= 0.3 is 0 Å². The predicted molar refractivity (Wildman–Crippen MR) is 56.2 cm³/mol. The molecule has 0 aromatic heterocycles. The molecule has 0 aliphatic heterocycles. The van der Waals surface area contributed by atoms with Gasteiger partial charge < -0.3 is 0 Å². The van der Waals surface area contributed by atoms with Crippen molar-refractivity contribution in [3.8, 4) is 0 Å². The van der Waals surface area contributed by atoms with E-state index in [0.29, 0.717) is 12.2 Å². The fraction of sp³-hybridized carbons (Fsp3) is 0.182. The molecule has 0 saturated carbocycles. The number of aldehydes is 1. The van der Waals surface area contributed by atoms with Crippen molar-refractivity contribution in [3.63, 3.8) is 0 Å². The minimum Gasteiger partial charge on any atom is -0.298 e. The monoisotopic (exact) mass is 212 g/mol. The first-order valence-corrected chi connectivity index (χ1v) is 4.78. The molecule has 0 heterocycles. The first-order valence-electron chi connectivity index (χ1n) is 4.25. The first kappa shape index (κ1) is 10.9. The van der Waals surface area contributed by atoms with Gasteiger partial charge in [-0.3, -0.25) is 4.79 Å². The van der Waals surface area contributed by atoms with E-state index in [9.17, 15) is 9.18 Å². The summed E-state index contributed by atoms with van der Waals surface area (Å²) in [4.78, 5) is 10.4. The molecule has 74 valence electrons. The molecule has 0 amide bonds. The van der Waals surface area contributed by atoms with Crippen LogP contribution in [0.4, 0.5) is 4.39 Å². The molecule has 0 aliphatic carbocycles. The maximum absolute atomic E-state index is 12.9. The summed E-state index contributed by atoms with van der Waals surface area (Å²) < 4.78 is 12.9. The molecule has 0 atom stereocenters. The summed E-state index contributed by atoms with van der Waals surface area (Å²) in [6.45, 7) is 0. The van der Waals surface area contributed by atoms with Crippen molar-refractivity contribution < 1.29 is 9.18 Å². The fourth-order valence-electron chi connectivity index (χ4n) is 1.04. The van der Waals surface area contributed by atoms with E-state index in [1.54, 1.807) is 6.07 Å². The number of carbonyl (C=O) groups excluding carboxylic acids is 1. The summed E-state index contributed by atoms with van der Waals surface area (Å²) in [6.07, 6.45) is 4.97. The van der Waals surface area contributed by atoms with Crippen LogP contribution in [-0.2, 0) is 0 Å². The Balaban J connectivity index is 2.84. The Bertz CT molecular complexity index is 347. The molecule has 1 rings (SSSR count). The van der Waals surface area contributed by atoms with Crippen molar-refractivity contribution in [2.45, 2.75) is 6.42 Å². The van der Waals surface area contributed by atoms with Crippen LogP contribution in [0.15, 0.2) is 24.3 Å². The smallest absolute Gasteiger partial charge is 0.153 e. The molecule has 0 saturated heterocycles. The van der Waals surface area contributed by atoms with E-state index in [1.165, 1.54) is 12.1 Å². The number of benzene rings is 1. The molecule has 1 aromatic rings. The number of rotatable bonds is 4. The quantitative estimate of drug-likeness (QED) is 0.553. The highest BCUT2D eigenvalue weighted by atomic mass is 35.5. The van der Waals surface area contributed by atoms with Crippen molar-refractivity contribution in [2.24, 2.45) is 0 Å². The van der Waals surface area contributed by atoms with E-state index in [1.807, 2.05) is 12.2 Å². The first-order chi connectivity index (χ1) is 6.77.